The van der Waals surface area contributed by atoms with Crippen molar-refractivity contribution in [1.82, 2.24) is 0 Å². The molecular formula is C19H34O5. The van der Waals surface area contributed by atoms with E-state index in [0.29, 0.717) is 26.1 Å². The Balaban J connectivity index is 1.76. The molecule has 1 rings (SSSR count). The lowest BCUT2D eigenvalue weighted by Gasteiger charge is -2.05. The van der Waals surface area contributed by atoms with Crippen molar-refractivity contribution in [3.05, 3.63) is 0 Å². The first-order valence-corrected chi connectivity index (χ1v) is 9.65. The fraction of sp³-hybridized carbons (Fsp3) is 0.895. The Morgan fingerprint density at radius 2 is 1.38 bits per heavy atom. The highest BCUT2D eigenvalue weighted by atomic mass is 16.6. The van der Waals surface area contributed by atoms with Crippen molar-refractivity contribution >= 4 is 11.9 Å². The second-order valence-corrected chi connectivity index (χ2v) is 6.54. The maximum atomic E-state index is 11.5. The maximum absolute atomic E-state index is 11.5. The zero-order chi connectivity index (χ0) is 17.5. The minimum absolute atomic E-state index is 0.0612. The number of carbonyl (C=O) groups is 2. The molecule has 0 bridgehead atoms. The van der Waals surface area contributed by atoms with Gasteiger partial charge in [-0.2, -0.15) is 0 Å². The summed E-state index contributed by atoms with van der Waals surface area (Å²) >= 11 is 0. The molecule has 0 aromatic heterocycles. The van der Waals surface area contributed by atoms with Crippen molar-refractivity contribution in [2.45, 2.75) is 90.1 Å². The predicted molar refractivity (Wildman–Crippen MR) is 92.7 cm³/mol. The van der Waals surface area contributed by atoms with Crippen molar-refractivity contribution in [3.63, 3.8) is 0 Å². The van der Waals surface area contributed by atoms with E-state index in [1.54, 1.807) is 0 Å². The van der Waals surface area contributed by atoms with Gasteiger partial charge in [-0.05, 0) is 19.3 Å². The first-order valence-electron chi connectivity index (χ1n) is 9.65. The first kappa shape index (κ1) is 20.9. The van der Waals surface area contributed by atoms with Crippen LogP contribution in [0, 0.1) is 0 Å². The summed E-state index contributed by atoms with van der Waals surface area (Å²) in [4.78, 5) is 22.9. The van der Waals surface area contributed by atoms with E-state index < -0.39 is 0 Å². The Hall–Kier alpha value is -1.10. The molecule has 1 atom stereocenters. The lowest BCUT2D eigenvalue weighted by Crippen LogP contribution is -2.09. The summed E-state index contributed by atoms with van der Waals surface area (Å²) in [6, 6.07) is 0. The highest BCUT2D eigenvalue weighted by Crippen LogP contribution is 2.12. The third kappa shape index (κ3) is 13.3. The molecule has 1 fully saturated rings. The summed E-state index contributed by atoms with van der Waals surface area (Å²) in [5.41, 5.74) is 0. The van der Waals surface area contributed by atoms with Crippen LogP contribution in [-0.2, 0) is 23.8 Å². The van der Waals surface area contributed by atoms with E-state index in [9.17, 15) is 9.59 Å². The molecule has 0 saturated carbocycles. The molecule has 0 aromatic rings. The molecule has 140 valence electrons. The first-order chi connectivity index (χ1) is 11.7. The molecule has 5 nitrogen and oxygen atoms in total. The summed E-state index contributed by atoms with van der Waals surface area (Å²) in [7, 11) is 0. The van der Waals surface area contributed by atoms with Crippen LogP contribution in [0.3, 0.4) is 0 Å². The minimum atomic E-state index is -0.118. The Morgan fingerprint density at radius 1 is 0.833 bits per heavy atom. The van der Waals surface area contributed by atoms with Gasteiger partial charge >= 0.3 is 11.9 Å². The highest BCUT2D eigenvalue weighted by molar-refractivity contribution is 5.69. The molecule has 0 aromatic carbocycles. The van der Waals surface area contributed by atoms with Gasteiger partial charge in [-0.1, -0.05) is 51.9 Å². The number of unbranched alkanes of at least 4 members (excludes halogenated alkanes) is 8. The molecule has 0 amide bonds. The molecule has 0 radical (unpaired) electrons. The van der Waals surface area contributed by atoms with Crippen molar-refractivity contribution in [3.8, 4) is 0 Å². The summed E-state index contributed by atoms with van der Waals surface area (Å²) in [6.45, 7) is 3.87. The molecule has 1 saturated heterocycles. The summed E-state index contributed by atoms with van der Waals surface area (Å²) in [6.07, 6.45) is 11.8. The second kappa shape index (κ2) is 14.3. The van der Waals surface area contributed by atoms with Gasteiger partial charge in [0, 0.05) is 12.8 Å². The lowest BCUT2D eigenvalue weighted by atomic mass is 10.1. The van der Waals surface area contributed by atoms with E-state index in [4.69, 9.17) is 14.2 Å². The number of carbonyl (C=O) groups excluding carboxylic acids is 2. The van der Waals surface area contributed by atoms with Crippen LogP contribution in [0.5, 0.6) is 0 Å². The molecule has 0 aliphatic carbocycles. The smallest absolute Gasteiger partial charge is 0.305 e. The molecule has 0 N–H and O–H groups in total. The quantitative estimate of drug-likeness (QED) is 0.239. The van der Waals surface area contributed by atoms with Gasteiger partial charge in [0.1, 0.15) is 12.7 Å². The largest absolute Gasteiger partial charge is 0.466 e. The SMILES string of the molecule is CCCCCCOC(=O)CCCCCCCCC(=O)OCC1CO1. The summed E-state index contributed by atoms with van der Waals surface area (Å²) in [5.74, 6) is -0.180. The Bertz CT molecular complexity index is 339. The van der Waals surface area contributed by atoms with Crippen molar-refractivity contribution < 1.29 is 23.8 Å². The lowest BCUT2D eigenvalue weighted by molar-refractivity contribution is -0.145. The fourth-order valence-electron chi connectivity index (χ4n) is 2.46. The minimum Gasteiger partial charge on any atom is -0.466 e. The molecule has 1 aliphatic heterocycles. The zero-order valence-corrected chi connectivity index (χ0v) is 15.2. The molecule has 1 unspecified atom stereocenters. The third-order valence-electron chi connectivity index (χ3n) is 4.11. The number of hydrogen-bond donors (Lipinski definition) is 0. The van der Waals surface area contributed by atoms with Gasteiger partial charge < -0.3 is 14.2 Å². The maximum Gasteiger partial charge on any atom is 0.305 e. The normalized spacial score (nSPS) is 16.0. The standard InChI is InChI=1S/C19H34O5/c1-2-3-4-11-14-22-18(20)12-9-7-5-6-8-10-13-19(21)24-16-17-15-23-17/h17H,2-16H2,1H3. The van der Waals surface area contributed by atoms with Crippen molar-refractivity contribution in [1.29, 1.82) is 0 Å². The number of ether oxygens (including phenoxy) is 3. The monoisotopic (exact) mass is 342 g/mol. The van der Waals surface area contributed by atoms with Crippen LogP contribution in [0.2, 0.25) is 0 Å². The van der Waals surface area contributed by atoms with E-state index in [2.05, 4.69) is 6.92 Å². The molecule has 24 heavy (non-hydrogen) atoms. The van der Waals surface area contributed by atoms with Gasteiger partial charge in [0.2, 0.25) is 0 Å². The second-order valence-electron chi connectivity index (χ2n) is 6.54. The Kier molecular flexibility index (Phi) is 12.4. The van der Waals surface area contributed by atoms with Crippen LogP contribution < -0.4 is 0 Å². The number of rotatable bonds is 16. The molecule has 5 heteroatoms. The van der Waals surface area contributed by atoms with E-state index in [1.165, 1.54) is 12.8 Å². The van der Waals surface area contributed by atoms with Crippen LogP contribution in [0.25, 0.3) is 0 Å². The van der Waals surface area contributed by atoms with Crippen LogP contribution in [0.1, 0.15) is 84.0 Å². The van der Waals surface area contributed by atoms with Gasteiger partial charge in [-0.15, -0.1) is 0 Å². The summed E-state index contributed by atoms with van der Waals surface area (Å²) in [5, 5.41) is 0. The number of esters is 2. The van der Waals surface area contributed by atoms with Gasteiger partial charge in [0.15, 0.2) is 0 Å². The average Bonchev–Trinajstić information content (AvgIpc) is 3.39. The Morgan fingerprint density at radius 3 is 1.96 bits per heavy atom. The average molecular weight is 342 g/mol. The van der Waals surface area contributed by atoms with Crippen molar-refractivity contribution in [2.75, 3.05) is 19.8 Å². The van der Waals surface area contributed by atoms with Crippen LogP contribution >= 0.6 is 0 Å². The zero-order valence-electron chi connectivity index (χ0n) is 15.2. The fourth-order valence-corrected chi connectivity index (χ4v) is 2.46. The molecule has 1 aliphatic rings. The predicted octanol–water partition coefficient (Wildman–Crippen LogP) is 4.17. The third-order valence-corrected chi connectivity index (χ3v) is 4.11. The number of hydrogen-bond acceptors (Lipinski definition) is 5. The highest BCUT2D eigenvalue weighted by Gasteiger charge is 2.23. The van der Waals surface area contributed by atoms with E-state index in [-0.39, 0.29) is 18.0 Å². The van der Waals surface area contributed by atoms with Crippen LogP contribution in [0.15, 0.2) is 0 Å². The van der Waals surface area contributed by atoms with E-state index in [1.807, 2.05) is 0 Å². The molecule has 0 spiro atoms. The van der Waals surface area contributed by atoms with E-state index in [0.717, 1.165) is 58.0 Å². The van der Waals surface area contributed by atoms with Gasteiger partial charge in [0.05, 0.1) is 13.2 Å². The van der Waals surface area contributed by atoms with E-state index >= 15 is 0 Å². The molecular weight excluding hydrogens is 308 g/mol. The topological polar surface area (TPSA) is 65.1 Å². The van der Waals surface area contributed by atoms with Crippen molar-refractivity contribution in [2.24, 2.45) is 0 Å². The Labute approximate surface area is 146 Å². The summed E-state index contributed by atoms with van der Waals surface area (Å²) < 4.78 is 15.3. The van der Waals surface area contributed by atoms with Gasteiger partial charge in [-0.25, -0.2) is 0 Å². The van der Waals surface area contributed by atoms with Gasteiger partial charge in [0.25, 0.3) is 0 Å². The van der Waals surface area contributed by atoms with Crippen LogP contribution in [-0.4, -0.2) is 37.9 Å². The van der Waals surface area contributed by atoms with Crippen LogP contribution in [0.4, 0.5) is 0 Å². The van der Waals surface area contributed by atoms with Gasteiger partial charge in [-0.3, -0.25) is 9.59 Å². The molecule has 1 heterocycles. The number of epoxide rings is 1.